The van der Waals surface area contributed by atoms with Gasteiger partial charge in [-0.3, -0.25) is 0 Å². The van der Waals surface area contributed by atoms with Gasteiger partial charge in [-0.1, -0.05) is 0 Å². The molecule has 0 bridgehead atoms. The lowest BCUT2D eigenvalue weighted by Crippen LogP contribution is -2.05. The van der Waals surface area contributed by atoms with E-state index in [1.165, 1.54) is 6.07 Å². The van der Waals surface area contributed by atoms with Gasteiger partial charge in [0.15, 0.2) is 4.77 Å². The Labute approximate surface area is 112 Å². The van der Waals surface area contributed by atoms with E-state index in [1.807, 2.05) is 11.5 Å². The molecule has 0 saturated carbocycles. The molecule has 0 radical (unpaired) electrons. The Morgan fingerprint density at radius 2 is 2.29 bits per heavy atom. The fourth-order valence-electron chi connectivity index (χ4n) is 1.67. The van der Waals surface area contributed by atoms with E-state index >= 15 is 0 Å². The van der Waals surface area contributed by atoms with E-state index < -0.39 is 0 Å². The third-order valence-corrected chi connectivity index (χ3v) is 3.41. The van der Waals surface area contributed by atoms with Crippen molar-refractivity contribution in [1.29, 1.82) is 0 Å². The first-order valence-corrected chi connectivity index (χ1v) is 6.49. The molecule has 0 spiro atoms. The Balaban J connectivity index is 2.44. The summed E-state index contributed by atoms with van der Waals surface area (Å²) in [6.07, 6.45) is 0. The van der Waals surface area contributed by atoms with Gasteiger partial charge in [0.25, 0.3) is 0 Å². The Bertz CT molecular complexity index is 593. The second-order valence-corrected chi connectivity index (χ2v) is 4.80. The van der Waals surface area contributed by atoms with E-state index in [1.54, 1.807) is 6.07 Å². The number of hydrogen-bond acceptors (Lipinski definition) is 2. The molecule has 1 aromatic heterocycles. The van der Waals surface area contributed by atoms with Gasteiger partial charge >= 0.3 is 0 Å². The highest BCUT2D eigenvalue weighted by molar-refractivity contribution is 9.10. The van der Waals surface area contributed by atoms with Crippen molar-refractivity contribution in [2.24, 2.45) is 0 Å². The molecule has 0 atom stereocenters. The predicted molar refractivity (Wildman–Crippen MR) is 71.3 cm³/mol. The van der Waals surface area contributed by atoms with E-state index in [0.29, 0.717) is 34.5 Å². The number of nitrogens with one attached hydrogen (secondary N) is 1. The van der Waals surface area contributed by atoms with Crippen LogP contribution in [0, 0.1) is 10.6 Å². The van der Waals surface area contributed by atoms with Crippen LogP contribution in [0.4, 0.5) is 4.39 Å². The smallest absolute Gasteiger partial charge is 0.178 e. The largest absolute Gasteiger partial charge is 0.380 e. The lowest BCUT2D eigenvalue weighted by molar-refractivity contribution is 0.139. The maximum Gasteiger partial charge on any atom is 0.178 e. The van der Waals surface area contributed by atoms with Crippen molar-refractivity contribution < 1.29 is 9.13 Å². The summed E-state index contributed by atoms with van der Waals surface area (Å²) < 4.78 is 21.6. The second-order valence-electron chi connectivity index (χ2n) is 3.56. The summed E-state index contributed by atoms with van der Waals surface area (Å²) in [5.74, 6) is -0.300. The summed E-state index contributed by atoms with van der Waals surface area (Å²) in [5, 5.41) is 0. The van der Waals surface area contributed by atoms with Crippen molar-refractivity contribution in [3.05, 3.63) is 27.2 Å². The maximum atomic E-state index is 13.4. The van der Waals surface area contributed by atoms with Gasteiger partial charge < -0.3 is 14.3 Å². The molecule has 0 unspecified atom stereocenters. The summed E-state index contributed by atoms with van der Waals surface area (Å²) in [6, 6.07) is 3.16. The molecule has 6 heteroatoms. The van der Waals surface area contributed by atoms with Gasteiger partial charge in [0.05, 0.1) is 22.1 Å². The second kappa shape index (κ2) is 5.29. The average Bonchev–Trinajstić information content (AvgIpc) is 2.57. The highest BCUT2D eigenvalue weighted by Crippen LogP contribution is 2.23. The van der Waals surface area contributed by atoms with Gasteiger partial charge in [0.2, 0.25) is 0 Å². The van der Waals surface area contributed by atoms with Crippen LogP contribution in [-0.4, -0.2) is 22.8 Å². The Kier molecular flexibility index (Phi) is 3.96. The van der Waals surface area contributed by atoms with Gasteiger partial charge in [-0.15, -0.1) is 0 Å². The number of fused-ring (bicyclic) bond motifs is 1. The summed E-state index contributed by atoms with van der Waals surface area (Å²) in [6.45, 7) is 3.87. The number of nitrogens with zero attached hydrogens (tertiary/aromatic N) is 1. The highest BCUT2D eigenvalue weighted by atomic mass is 79.9. The standard InChI is InChI=1S/C11H12BrFN2OS/c1-2-16-4-3-15-10-5-7(12)8(13)6-9(10)14-11(15)17/h5-6H,2-4H2,1H3,(H,14,17). The summed E-state index contributed by atoms with van der Waals surface area (Å²) in [7, 11) is 0. The van der Waals surface area contributed by atoms with Gasteiger partial charge in [-0.05, 0) is 41.1 Å². The lowest BCUT2D eigenvalue weighted by atomic mass is 10.3. The zero-order chi connectivity index (χ0) is 12.4. The monoisotopic (exact) mass is 318 g/mol. The Morgan fingerprint density at radius 3 is 3.00 bits per heavy atom. The van der Waals surface area contributed by atoms with Crippen molar-refractivity contribution in [2.45, 2.75) is 13.5 Å². The van der Waals surface area contributed by atoms with Gasteiger partial charge in [-0.25, -0.2) is 4.39 Å². The number of ether oxygens (including phenoxy) is 1. The van der Waals surface area contributed by atoms with Crippen LogP contribution in [0.1, 0.15) is 6.92 Å². The van der Waals surface area contributed by atoms with Crippen LogP contribution in [0.15, 0.2) is 16.6 Å². The molecule has 0 aliphatic rings. The van der Waals surface area contributed by atoms with Crippen molar-refractivity contribution in [3.8, 4) is 0 Å². The van der Waals surface area contributed by atoms with E-state index in [0.717, 1.165) is 5.52 Å². The van der Waals surface area contributed by atoms with Crippen molar-refractivity contribution in [1.82, 2.24) is 9.55 Å². The minimum absolute atomic E-state index is 0.300. The van der Waals surface area contributed by atoms with Crippen molar-refractivity contribution >= 4 is 39.2 Å². The van der Waals surface area contributed by atoms with Crippen molar-refractivity contribution in [3.63, 3.8) is 0 Å². The minimum Gasteiger partial charge on any atom is -0.380 e. The molecule has 17 heavy (non-hydrogen) atoms. The fourth-order valence-corrected chi connectivity index (χ4v) is 2.30. The third-order valence-electron chi connectivity index (χ3n) is 2.48. The van der Waals surface area contributed by atoms with Gasteiger partial charge in [0.1, 0.15) is 5.82 Å². The summed E-state index contributed by atoms with van der Waals surface area (Å²) >= 11 is 8.38. The van der Waals surface area contributed by atoms with Crippen LogP contribution < -0.4 is 0 Å². The zero-order valence-corrected chi connectivity index (χ0v) is 11.7. The molecule has 2 aromatic rings. The van der Waals surface area contributed by atoms with Crippen molar-refractivity contribution in [2.75, 3.05) is 13.2 Å². The number of halogens is 2. The number of H-pyrrole nitrogens is 1. The first-order valence-electron chi connectivity index (χ1n) is 5.28. The first kappa shape index (κ1) is 12.7. The van der Waals surface area contributed by atoms with Gasteiger partial charge in [-0.2, -0.15) is 0 Å². The third kappa shape index (κ3) is 2.59. The van der Waals surface area contributed by atoms with Crippen LogP contribution in [0.3, 0.4) is 0 Å². The van der Waals surface area contributed by atoms with Crippen LogP contribution in [-0.2, 0) is 11.3 Å². The first-order chi connectivity index (χ1) is 8.13. The molecule has 0 fully saturated rings. The van der Waals surface area contributed by atoms with E-state index in [4.69, 9.17) is 17.0 Å². The molecule has 1 aromatic carbocycles. The molecule has 1 heterocycles. The SMILES string of the molecule is CCOCCn1c(=S)[nH]c2cc(F)c(Br)cc21. The molecular weight excluding hydrogens is 307 g/mol. The highest BCUT2D eigenvalue weighted by Gasteiger charge is 2.08. The number of aromatic nitrogens is 2. The van der Waals surface area contributed by atoms with Crippen LogP contribution >= 0.6 is 28.1 Å². The summed E-state index contributed by atoms with van der Waals surface area (Å²) in [5.41, 5.74) is 1.58. The van der Waals surface area contributed by atoms with E-state index in [9.17, 15) is 4.39 Å². The topological polar surface area (TPSA) is 29.9 Å². The minimum atomic E-state index is -0.300. The number of rotatable bonds is 4. The Morgan fingerprint density at radius 1 is 1.53 bits per heavy atom. The molecule has 1 N–H and O–H groups in total. The molecule has 3 nitrogen and oxygen atoms in total. The molecule has 92 valence electrons. The predicted octanol–water partition coefficient (Wildman–Crippen LogP) is 3.64. The average molecular weight is 319 g/mol. The lowest BCUT2D eigenvalue weighted by Gasteiger charge is -2.05. The number of imidazole rings is 1. The van der Waals surface area contributed by atoms with Crippen LogP contribution in [0.5, 0.6) is 0 Å². The van der Waals surface area contributed by atoms with Gasteiger partial charge in [0, 0.05) is 19.2 Å². The van der Waals surface area contributed by atoms with E-state index in [2.05, 4.69) is 20.9 Å². The molecule has 0 aliphatic carbocycles. The van der Waals surface area contributed by atoms with E-state index in [-0.39, 0.29) is 5.82 Å². The zero-order valence-electron chi connectivity index (χ0n) is 9.30. The molecule has 0 amide bonds. The van der Waals surface area contributed by atoms with Crippen LogP contribution in [0.25, 0.3) is 11.0 Å². The summed E-state index contributed by atoms with van der Waals surface area (Å²) in [4.78, 5) is 2.98. The number of benzene rings is 1. The maximum absolute atomic E-state index is 13.4. The molecule has 0 saturated heterocycles. The normalized spacial score (nSPS) is 11.2. The molecular formula is C11H12BrFN2OS. The fraction of sp³-hybridized carbons (Fsp3) is 0.364. The number of hydrogen-bond donors (Lipinski definition) is 1. The Hall–Kier alpha value is -0.720. The quantitative estimate of drug-likeness (QED) is 0.689. The molecule has 2 rings (SSSR count). The number of aromatic amines is 1. The molecule has 0 aliphatic heterocycles. The van der Waals surface area contributed by atoms with Crippen LogP contribution in [0.2, 0.25) is 0 Å².